The van der Waals surface area contributed by atoms with Gasteiger partial charge in [-0.1, -0.05) is 60.7 Å². The summed E-state index contributed by atoms with van der Waals surface area (Å²) in [4.78, 5) is 0. The molecule has 0 fully saturated rings. The zero-order valence-electron chi connectivity index (χ0n) is 11.8. The molecule has 100 valence electrons. The van der Waals surface area contributed by atoms with Crippen LogP contribution >= 0.6 is 0 Å². The highest BCUT2D eigenvalue weighted by Gasteiger charge is 2.42. The van der Waals surface area contributed by atoms with E-state index in [9.17, 15) is 0 Å². The maximum Gasteiger partial charge on any atom is 0.00368 e. The van der Waals surface area contributed by atoms with E-state index in [2.05, 4.69) is 60.7 Å². The average Bonchev–Trinajstić information content (AvgIpc) is 2.82. The smallest absolute Gasteiger partial charge is 0.00368 e. The molecule has 0 amide bonds. The zero-order valence-corrected chi connectivity index (χ0v) is 11.8. The summed E-state index contributed by atoms with van der Waals surface area (Å²) in [5.41, 5.74) is 6.54. The van der Waals surface area contributed by atoms with Gasteiger partial charge in [-0.2, -0.15) is 0 Å². The van der Waals surface area contributed by atoms with E-state index in [1.165, 1.54) is 43.2 Å². The van der Waals surface area contributed by atoms with Gasteiger partial charge in [0.05, 0.1) is 0 Å². The van der Waals surface area contributed by atoms with Gasteiger partial charge in [0.2, 0.25) is 0 Å². The Kier molecular flexibility index (Phi) is 2.77. The molecule has 2 aromatic rings. The van der Waals surface area contributed by atoms with E-state index in [1.54, 1.807) is 11.1 Å². The van der Waals surface area contributed by atoms with Crippen LogP contribution in [0.4, 0.5) is 0 Å². The molecule has 1 atom stereocenters. The van der Waals surface area contributed by atoms with Crippen LogP contribution in [0.3, 0.4) is 0 Å². The Morgan fingerprint density at radius 1 is 0.900 bits per heavy atom. The number of fused-ring (bicyclic) bond motifs is 3. The van der Waals surface area contributed by atoms with Gasteiger partial charge in [0.25, 0.3) is 0 Å². The second-order valence-electron chi connectivity index (χ2n) is 6.29. The molecular weight excluding hydrogens is 240 g/mol. The van der Waals surface area contributed by atoms with Crippen LogP contribution in [0.2, 0.25) is 0 Å². The molecule has 0 saturated carbocycles. The minimum absolute atomic E-state index is 0.364. The van der Waals surface area contributed by atoms with E-state index in [1.807, 2.05) is 0 Å². The van der Waals surface area contributed by atoms with Gasteiger partial charge in [0.1, 0.15) is 0 Å². The molecule has 0 nitrogen and oxygen atoms in total. The zero-order chi connectivity index (χ0) is 13.4. The summed E-state index contributed by atoms with van der Waals surface area (Å²) in [6, 6.07) is 20.0. The third-order valence-corrected chi connectivity index (χ3v) is 5.00. The van der Waals surface area contributed by atoms with Gasteiger partial charge < -0.3 is 0 Å². The van der Waals surface area contributed by atoms with Crippen molar-refractivity contribution < 1.29 is 0 Å². The Labute approximate surface area is 121 Å². The molecule has 0 unspecified atom stereocenters. The maximum atomic E-state index is 2.51. The highest BCUT2D eigenvalue weighted by molar-refractivity contribution is 5.78. The lowest BCUT2D eigenvalue weighted by Gasteiger charge is -2.34. The Bertz CT molecular complexity index is 651. The Morgan fingerprint density at radius 2 is 1.70 bits per heavy atom. The van der Waals surface area contributed by atoms with Gasteiger partial charge in [-0.25, -0.2) is 0 Å². The standard InChI is InChI=1S/C20H20/c1-2-8-16(9-3-1)14-20-13-7-6-12-19(20)18-11-5-4-10-17(18)15-20/h1-5,8-12H,6-7,13-15H2/t20-/m1/s1. The summed E-state index contributed by atoms with van der Waals surface area (Å²) in [6.07, 6.45) is 8.85. The second kappa shape index (κ2) is 4.63. The summed E-state index contributed by atoms with van der Waals surface area (Å²) in [6.45, 7) is 0. The molecule has 2 aliphatic rings. The van der Waals surface area contributed by atoms with Gasteiger partial charge in [0, 0.05) is 5.41 Å². The Morgan fingerprint density at radius 3 is 2.60 bits per heavy atom. The first-order chi connectivity index (χ1) is 9.87. The largest absolute Gasteiger partial charge is 0.0801 e. The molecule has 0 spiro atoms. The van der Waals surface area contributed by atoms with Crippen molar-refractivity contribution in [3.63, 3.8) is 0 Å². The van der Waals surface area contributed by atoms with E-state index in [-0.39, 0.29) is 0 Å². The minimum Gasteiger partial charge on any atom is -0.0801 e. The molecule has 0 aromatic heterocycles. The third kappa shape index (κ3) is 1.83. The van der Waals surface area contributed by atoms with Gasteiger partial charge in [-0.05, 0) is 54.4 Å². The highest BCUT2D eigenvalue weighted by Crippen LogP contribution is 2.53. The van der Waals surface area contributed by atoms with Crippen LogP contribution in [0.1, 0.15) is 36.0 Å². The summed E-state index contributed by atoms with van der Waals surface area (Å²) in [7, 11) is 0. The molecule has 20 heavy (non-hydrogen) atoms. The van der Waals surface area contributed by atoms with E-state index in [0.717, 1.165) is 0 Å². The summed E-state index contributed by atoms with van der Waals surface area (Å²) >= 11 is 0. The molecule has 0 heterocycles. The number of hydrogen-bond donors (Lipinski definition) is 0. The molecule has 2 aromatic carbocycles. The molecule has 4 rings (SSSR count). The van der Waals surface area contributed by atoms with Crippen molar-refractivity contribution in [1.82, 2.24) is 0 Å². The van der Waals surface area contributed by atoms with Crippen LogP contribution in [-0.4, -0.2) is 0 Å². The molecule has 0 bridgehead atoms. The molecule has 0 N–H and O–H groups in total. The highest BCUT2D eigenvalue weighted by atomic mass is 14.5. The van der Waals surface area contributed by atoms with E-state index >= 15 is 0 Å². The van der Waals surface area contributed by atoms with Crippen LogP contribution in [0.25, 0.3) is 5.57 Å². The maximum absolute atomic E-state index is 2.51. The summed E-state index contributed by atoms with van der Waals surface area (Å²) < 4.78 is 0. The fourth-order valence-corrected chi connectivity index (χ4v) is 4.15. The predicted molar refractivity (Wildman–Crippen MR) is 84.6 cm³/mol. The van der Waals surface area contributed by atoms with Crippen LogP contribution in [0.15, 0.2) is 60.7 Å². The lowest BCUT2D eigenvalue weighted by atomic mass is 9.69. The lowest BCUT2D eigenvalue weighted by molar-refractivity contribution is 0.354. The average molecular weight is 260 g/mol. The van der Waals surface area contributed by atoms with Gasteiger partial charge >= 0.3 is 0 Å². The van der Waals surface area contributed by atoms with Crippen LogP contribution in [0, 0.1) is 5.41 Å². The van der Waals surface area contributed by atoms with Crippen molar-refractivity contribution in [1.29, 1.82) is 0 Å². The predicted octanol–water partition coefficient (Wildman–Crippen LogP) is 5.04. The van der Waals surface area contributed by atoms with Gasteiger partial charge in [0.15, 0.2) is 0 Å². The first kappa shape index (κ1) is 12.0. The topological polar surface area (TPSA) is 0 Å². The van der Waals surface area contributed by atoms with Crippen molar-refractivity contribution in [2.24, 2.45) is 5.41 Å². The summed E-state index contributed by atoms with van der Waals surface area (Å²) in [5.74, 6) is 0. The number of rotatable bonds is 2. The van der Waals surface area contributed by atoms with E-state index < -0.39 is 0 Å². The molecular formula is C20H20. The molecule has 0 radical (unpaired) electrons. The van der Waals surface area contributed by atoms with E-state index in [0.29, 0.717) is 5.41 Å². The summed E-state index contributed by atoms with van der Waals surface area (Å²) in [5, 5.41) is 0. The number of allylic oxidation sites excluding steroid dienone is 2. The second-order valence-corrected chi connectivity index (χ2v) is 6.29. The Hall–Kier alpha value is -1.82. The molecule has 0 aliphatic heterocycles. The first-order valence-corrected chi connectivity index (χ1v) is 7.70. The normalized spacial score (nSPS) is 23.9. The van der Waals surface area contributed by atoms with Crippen LogP contribution < -0.4 is 0 Å². The van der Waals surface area contributed by atoms with E-state index in [4.69, 9.17) is 0 Å². The van der Waals surface area contributed by atoms with Crippen molar-refractivity contribution in [3.8, 4) is 0 Å². The Balaban J connectivity index is 1.77. The third-order valence-electron chi connectivity index (χ3n) is 5.00. The van der Waals surface area contributed by atoms with Gasteiger partial charge in [-0.15, -0.1) is 0 Å². The van der Waals surface area contributed by atoms with Crippen molar-refractivity contribution in [3.05, 3.63) is 77.4 Å². The quantitative estimate of drug-likeness (QED) is 0.709. The van der Waals surface area contributed by atoms with Crippen LogP contribution in [-0.2, 0) is 12.8 Å². The fraction of sp³-hybridized carbons (Fsp3) is 0.300. The molecule has 2 aliphatic carbocycles. The monoisotopic (exact) mass is 260 g/mol. The minimum atomic E-state index is 0.364. The van der Waals surface area contributed by atoms with Crippen molar-refractivity contribution >= 4 is 5.57 Å². The lowest BCUT2D eigenvalue weighted by Crippen LogP contribution is -2.25. The van der Waals surface area contributed by atoms with Crippen molar-refractivity contribution in [2.45, 2.75) is 32.1 Å². The molecule has 0 heteroatoms. The fourth-order valence-electron chi connectivity index (χ4n) is 4.15. The first-order valence-electron chi connectivity index (χ1n) is 7.70. The van der Waals surface area contributed by atoms with Gasteiger partial charge in [-0.3, -0.25) is 0 Å². The number of hydrogen-bond acceptors (Lipinski definition) is 0. The number of benzene rings is 2. The van der Waals surface area contributed by atoms with Crippen molar-refractivity contribution in [2.75, 3.05) is 0 Å². The van der Waals surface area contributed by atoms with Crippen LogP contribution in [0.5, 0.6) is 0 Å². The molecule has 0 saturated heterocycles. The SMILES string of the molecule is C1=C2c3ccccc3C[C@]2(Cc2ccccc2)CCC1.